The van der Waals surface area contributed by atoms with Crippen LogP contribution in [0.1, 0.15) is 17.9 Å². The third kappa shape index (κ3) is 1.53. The summed E-state index contributed by atoms with van der Waals surface area (Å²) in [7, 11) is 2.66. The maximum Gasteiger partial charge on any atom is 0.332 e. The molecule has 1 N–H and O–H groups in total. The van der Waals surface area contributed by atoms with E-state index in [0.29, 0.717) is 0 Å². The van der Waals surface area contributed by atoms with Gasteiger partial charge in [0, 0.05) is 26.5 Å². The molecule has 0 aromatic carbocycles. The Kier molecular flexibility index (Phi) is 2.57. The average molecular weight is 252 g/mol. The number of nitrogens with zero attached hydrogens (tertiary/aromatic N) is 2. The fourth-order valence-electron chi connectivity index (χ4n) is 2.03. The molecular weight excluding hydrogens is 242 g/mol. The number of carbonyl (C=O) groups is 2. The van der Waals surface area contributed by atoms with Gasteiger partial charge in [-0.2, -0.15) is 0 Å². The van der Waals surface area contributed by atoms with Gasteiger partial charge >= 0.3 is 5.69 Å². The topological polar surface area (TPSA) is 113 Å². The van der Waals surface area contributed by atoms with Gasteiger partial charge in [-0.05, 0) is 0 Å². The maximum atomic E-state index is 11.9. The van der Waals surface area contributed by atoms with Crippen molar-refractivity contribution in [1.82, 2.24) is 9.13 Å². The minimum absolute atomic E-state index is 0.00574. The van der Waals surface area contributed by atoms with Gasteiger partial charge in [0.05, 0.1) is 11.5 Å². The van der Waals surface area contributed by atoms with Crippen LogP contribution in [0.4, 0.5) is 5.82 Å². The van der Waals surface area contributed by atoms with Crippen LogP contribution in [0, 0.1) is 0 Å². The van der Waals surface area contributed by atoms with Gasteiger partial charge < -0.3 is 15.2 Å². The van der Waals surface area contributed by atoms with E-state index in [1.54, 1.807) is 0 Å². The molecule has 0 saturated heterocycles. The van der Waals surface area contributed by atoms with Crippen LogP contribution in [-0.2, 0) is 23.7 Å². The number of carboxylic acids is 1. The largest absolute Gasteiger partial charge is 0.550 e. The fraction of sp³-hybridized carbons (Fsp3) is 0.400. The molecule has 0 aliphatic carbocycles. The molecule has 0 radical (unpaired) electrons. The molecule has 1 amide bonds. The summed E-state index contributed by atoms with van der Waals surface area (Å²) in [5.41, 5.74) is -1.26. The van der Waals surface area contributed by atoms with Gasteiger partial charge in [0.1, 0.15) is 5.82 Å². The molecule has 1 aromatic heterocycles. The first-order valence-electron chi connectivity index (χ1n) is 5.15. The Morgan fingerprint density at radius 2 is 1.89 bits per heavy atom. The Morgan fingerprint density at radius 1 is 1.28 bits per heavy atom. The van der Waals surface area contributed by atoms with Crippen molar-refractivity contribution in [2.45, 2.75) is 12.3 Å². The van der Waals surface area contributed by atoms with E-state index >= 15 is 0 Å². The molecule has 0 unspecified atom stereocenters. The summed E-state index contributed by atoms with van der Waals surface area (Å²) in [4.78, 5) is 45.8. The Labute approximate surface area is 100 Å². The monoisotopic (exact) mass is 252 g/mol. The summed E-state index contributed by atoms with van der Waals surface area (Å²) in [6.45, 7) is 0. The second-order valence-electron chi connectivity index (χ2n) is 4.09. The Hall–Kier alpha value is -2.38. The second kappa shape index (κ2) is 3.83. The number of fused-ring (bicyclic) bond motifs is 1. The molecule has 0 saturated carbocycles. The zero-order chi connectivity index (χ0) is 13.6. The first kappa shape index (κ1) is 12.1. The molecule has 0 fully saturated rings. The predicted molar refractivity (Wildman–Crippen MR) is 57.9 cm³/mol. The van der Waals surface area contributed by atoms with E-state index in [-0.39, 0.29) is 11.4 Å². The highest BCUT2D eigenvalue weighted by atomic mass is 16.4. The molecule has 2 heterocycles. The van der Waals surface area contributed by atoms with Crippen LogP contribution >= 0.6 is 0 Å². The van der Waals surface area contributed by atoms with Gasteiger partial charge in [-0.1, -0.05) is 0 Å². The van der Waals surface area contributed by atoms with Gasteiger partial charge in [-0.15, -0.1) is 0 Å². The normalized spacial score (nSPS) is 17.4. The Morgan fingerprint density at radius 3 is 2.44 bits per heavy atom. The summed E-state index contributed by atoms with van der Waals surface area (Å²) >= 11 is 0. The number of amides is 1. The minimum Gasteiger partial charge on any atom is -0.550 e. The van der Waals surface area contributed by atoms with E-state index < -0.39 is 35.5 Å². The smallest absolute Gasteiger partial charge is 0.332 e. The van der Waals surface area contributed by atoms with E-state index in [0.717, 1.165) is 9.13 Å². The summed E-state index contributed by atoms with van der Waals surface area (Å²) in [6.07, 6.45) is -0.591. The van der Waals surface area contributed by atoms with E-state index in [9.17, 15) is 24.3 Å². The number of rotatable bonds is 2. The number of hydrogen-bond donors (Lipinski definition) is 1. The van der Waals surface area contributed by atoms with Crippen LogP contribution in [0.3, 0.4) is 0 Å². The highest BCUT2D eigenvalue weighted by Gasteiger charge is 2.36. The molecule has 0 spiro atoms. The van der Waals surface area contributed by atoms with Crippen LogP contribution in [0.25, 0.3) is 0 Å². The van der Waals surface area contributed by atoms with Crippen LogP contribution in [0.15, 0.2) is 9.59 Å². The van der Waals surface area contributed by atoms with Crippen molar-refractivity contribution in [3.63, 3.8) is 0 Å². The number of anilines is 1. The zero-order valence-electron chi connectivity index (χ0n) is 9.72. The first-order chi connectivity index (χ1) is 8.34. The molecule has 8 nitrogen and oxygen atoms in total. The number of aliphatic carboxylic acids is 1. The predicted octanol–water partition coefficient (Wildman–Crippen LogP) is -2.74. The number of carbonyl (C=O) groups excluding carboxylic acids is 2. The van der Waals surface area contributed by atoms with Gasteiger partial charge in [-0.3, -0.25) is 18.7 Å². The van der Waals surface area contributed by atoms with Crippen molar-refractivity contribution in [2.75, 3.05) is 5.32 Å². The molecule has 8 heteroatoms. The molecular formula is C10H10N3O5-. The van der Waals surface area contributed by atoms with Crippen molar-refractivity contribution >= 4 is 17.7 Å². The van der Waals surface area contributed by atoms with Crippen LogP contribution < -0.4 is 21.7 Å². The van der Waals surface area contributed by atoms with Crippen molar-refractivity contribution in [1.29, 1.82) is 0 Å². The van der Waals surface area contributed by atoms with E-state index in [2.05, 4.69) is 5.32 Å². The van der Waals surface area contributed by atoms with Gasteiger partial charge in [-0.25, -0.2) is 4.79 Å². The maximum absolute atomic E-state index is 11.9. The van der Waals surface area contributed by atoms with Crippen LogP contribution in [0.5, 0.6) is 0 Å². The van der Waals surface area contributed by atoms with Gasteiger partial charge in [0.15, 0.2) is 0 Å². The molecule has 1 aliphatic rings. The van der Waals surface area contributed by atoms with E-state index in [4.69, 9.17) is 0 Å². The number of aromatic nitrogens is 2. The average Bonchev–Trinajstić information content (AvgIpc) is 2.61. The van der Waals surface area contributed by atoms with Crippen molar-refractivity contribution in [3.8, 4) is 0 Å². The van der Waals surface area contributed by atoms with Crippen molar-refractivity contribution in [2.24, 2.45) is 14.1 Å². The summed E-state index contributed by atoms with van der Waals surface area (Å²) in [5.74, 6) is -3.11. The van der Waals surface area contributed by atoms with Crippen molar-refractivity contribution < 1.29 is 14.7 Å². The Bertz CT molecular complexity index is 669. The van der Waals surface area contributed by atoms with Crippen LogP contribution in [-0.4, -0.2) is 21.0 Å². The third-order valence-corrected chi connectivity index (χ3v) is 2.98. The van der Waals surface area contributed by atoms with Gasteiger partial charge in [0.2, 0.25) is 5.91 Å². The standard InChI is InChI=1S/C10H11N3O5/c1-12-7-6(9(17)13(2)10(12)18)4(3-5(14)15)8(16)11-7/h4H,3H2,1-2H3,(H,11,16)(H,14,15)/p-1/t4-/m0/s1. The lowest BCUT2D eigenvalue weighted by Crippen LogP contribution is -2.39. The molecule has 1 aromatic rings. The second-order valence-corrected chi connectivity index (χ2v) is 4.09. The van der Waals surface area contributed by atoms with E-state index in [1.165, 1.54) is 14.1 Å². The van der Waals surface area contributed by atoms with Crippen LogP contribution in [0.2, 0.25) is 0 Å². The number of nitrogens with one attached hydrogen (secondary N) is 1. The number of carboxylic acid groups (broad SMARTS) is 1. The minimum atomic E-state index is -1.43. The highest BCUT2D eigenvalue weighted by Crippen LogP contribution is 2.30. The lowest BCUT2D eigenvalue weighted by atomic mass is 10.00. The number of hydrogen-bond acceptors (Lipinski definition) is 5. The Balaban J connectivity index is 2.73. The summed E-state index contributed by atoms with van der Waals surface area (Å²) in [6, 6.07) is 0. The molecule has 96 valence electrons. The molecule has 1 aliphatic heterocycles. The molecule has 18 heavy (non-hydrogen) atoms. The fourth-order valence-corrected chi connectivity index (χ4v) is 2.03. The van der Waals surface area contributed by atoms with Crippen molar-refractivity contribution in [3.05, 3.63) is 26.4 Å². The molecule has 2 rings (SSSR count). The molecule has 0 bridgehead atoms. The summed E-state index contributed by atoms with van der Waals surface area (Å²) in [5, 5.41) is 12.9. The zero-order valence-corrected chi connectivity index (χ0v) is 9.72. The molecule has 1 atom stereocenters. The lowest BCUT2D eigenvalue weighted by molar-refractivity contribution is -0.306. The highest BCUT2D eigenvalue weighted by molar-refractivity contribution is 6.03. The SMILES string of the molecule is Cn1c2c(c(=O)n(C)c1=O)[C@H](CC(=O)[O-])C(=O)N2. The third-order valence-electron chi connectivity index (χ3n) is 2.98. The lowest BCUT2D eigenvalue weighted by Gasteiger charge is -2.10. The first-order valence-corrected chi connectivity index (χ1v) is 5.15. The quantitative estimate of drug-likeness (QED) is 0.613. The summed E-state index contributed by atoms with van der Waals surface area (Å²) < 4.78 is 1.94. The van der Waals surface area contributed by atoms with Gasteiger partial charge in [0.25, 0.3) is 5.56 Å². The van der Waals surface area contributed by atoms with E-state index in [1.807, 2.05) is 0 Å².